The summed E-state index contributed by atoms with van der Waals surface area (Å²) in [6.45, 7) is 17.3. The molecule has 2 aliphatic heterocycles. The summed E-state index contributed by atoms with van der Waals surface area (Å²) < 4.78 is 5.46. The van der Waals surface area contributed by atoms with Crippen LogP contribution in [0.25, 0.3) is 0 Å². The Bertz CT molecular complexity index is 990. The molecule has 9 heteroatoms. The minimum Gasteiger partial charge on any atom is -0.459 e. The predicted octanol–water partition coefficient (Wildman–Crippen LogP) is 5.83. The highest BCUT2D eigenvalue weighted by Crippen LogP contribution is 2.23. The molecular formula is C36H62N4O5. The minimum atomic E-state index is -0.608. The van der Waals surface area contributed by atoms with Crippen molar-refractivity contribution in [2.45, 2.75) is 112 Å². The fourth-order valence-electron chi connectivity index (χ4n) is 4.86. The number of nitrogens with zero attached hydrogens (tertiary/aromatic N) is 3. The van der Waals surface area contributed by atoms with Crippen LogP contribution in [-0.2, 0) is 30.5 Å². The molecule has 2 aliphatic rings. The molecule has 0 aliphatic carbocycles. The van der Waals surface area contributed by atoms with Crippen molar-refractivity contribution in [2.24, 2.45) is 5.92 Å². The van der Waals surface area contributed by atoms with E-state index in [1.165, 1.54) is 50.1 Å². The van der Waals surface area contributed by atoms with Crippen LogP contribution < -0.4 is 5.32 Å². The predicted molar refractivity (Wildman–Crippen MR) is 183 cm³/mol. The maximum atomic E-state index is 13.1. The van der Waals surface area contributed by atoms with Gasteiger partial charge >= 0.3 is 5.97 Å². The number of likely N-dealkylation sites (N-methyl/N-ethyl adjacent to an activating group) is 1. The van der Waals surface area contributed by atoms with Gasteiger partial charge in [0.1, 0.15) is 12.6 Å². The number of benzene rings is 1. The zero-order chi connectivity index (χ0) is 34.2. The first-order valence-electron chi connectivity index (χ1n) is 16.8. The third-order valence-corrected chi connectivity index (χ3v) is 7.21. The Hall–Kier alpha value is -3.20. The molecule has 2 fully saturated rings. The quantitative estimate of drug-likeness (QED) is 0.198. The maximum Gasteiger partial charge on any atom is 0.329 e. The van der Waals surface area contributed by atoms with Crippen molar-refractivity contribution >= 4 is 24.2 Å². The Morgan fingerprint density at radius 3 is 2.04 bits per heavy atom. The molecule has 2 saturated heterocycles. The molecule has 0 saturated carbocycles. The molecule has 0 bridgehead atoms. The van der Waals surface area contributed by atoms with Gasteiger partial charge in [0.15, 0.2) is 0 Å². The summed E-state index contributed by atoms with van der Waals surface area (Å²) >= 11 is 0. The van der Waals surface area contributed by atoms with Gasteiger partial charge in [0.2, 0.25) is 18.2 Å². The minimum absolute atomic E-state index is 0.0492. The number of ether oxygens (including phenoxy) is 1. The molecule has 0 spiro atoms. The van der Waals surface area contributed by atoms with Crippen molar-refractivity contribution in [3.05, 3.63) is 47.5 Å². The number of likely N-dealkylation sites (tertiary alicyclic amines) is 2. The summed E-state index contributed by atoms with van der Waals surface area (Å²) in [6.07, 6.45) is 10.3. The van der Waals surface area contributed by atoms with Crippen LogP contribution in [0.1, 0.15) is 99.0 Å². The van der Waals surface area contributed by atoms with E-state index in [0.29, 0.717) is 24.9 Å². The monoisotopic (exact) mass is 630 g/mol. The summed E-state index contributed by atoms with van der Waals surface area (Å²) in [5, 5.41) is 2.37. The first-order valence-corrected chi connectivity index (χ1v) is 16.8. The van der Waals surface area contributed by atoms with E-state index in [1.807, 2.05) is 44.2 Å². The van der Waals surface area contributed by atoms with Gasteiger partial charge in [-0.05, 0) is 64.2 Å². The zero-order valence-electron chi connectivity index (χ0n) is 29.6. The first kappa shape index (κ1) is 41.8. The van der Waals surface area contributed by atoms with E-state index >= 15 is 0 Å². The van der Waals surface area contributed by atoms with Gasteiger partial charge in [0.25, 0.3) is 0 Å². The molecule has 256 valence electrons. The molecule has 1 aromatic rings. The molecule has 0 aromatic heterocycles. The van der Waals surface area contributed by atoms with Crippen LogP contribution in [0.15, 0.2) is 42.0 Å². The number of nitrogens with one attached hydrogen (secondary N) is 1. The van der Waals surface area contributed by atoms with Crippen molar-refractivity contribution in [3.8, 4) is 0 Å². The SMILES string of the molecule is C/C(=C\C(C(C)C)N(C)C(=O)CNC=O)C(=O)N1CCC[C@H]1C(=O)OCc1ccccc1.CCC.CCC.CN1CCCCC1. The highest BCUT2D eigenvalue weighted by molar-refractivity contribution is 5.96. The smallest absolute Gasteiger partial charge is 0.329 e. The molecule has 3 amide bonds. The van der Waals surface area contributed by atoms with E-state index in [-0.39, 0.29) is 36.9 Å². The highest BCUT2D eigenvalue weighted by atomic mass is 16.5. The van der Waals surface area contributed by atoms with E-state index in [4.69, 9.17) is 4.74 Å². The van der Waals surface area contributed by atoms with Crippen molar-refractivity contribution in [2.75, 3.05) is 40.3 Å². The molecule has 0 radical (unpaired) electrons. The fraction of sp³-hybridized carbons (Fsp3) is 0.667. The average Bonchev–Trinajstić information content (AvgIpc) is 3.52. The van der Waals surface area contributed by atoms with Gasteiger partial charge < -0.3 is 24.8 Å². The molecular weight excluding hydrogens is 568 g/mol. The second-order valence-electron chi connectivity index (χ2n) is 12.1. The van der Waals surface area contributed by atoms with Gasteiger partial charge in [-0.3, -0.25) is 14.4 Å². The van der Waals surface area contributed by atoms with Crippen LogP contribution in [0.4, 0.5) is 0 Å². The number of carbonyl (C=O) groups excluding carboxylic acids is 4. The normalized spacial score (nSPS) is 16.9. The lowest BCUT2D eigenvalue weighted by atomic mass is 9.99. The molecule has 3 rings (SSSR count). The molecule has 2 atom stereocenters. The van der Waals surface area contributed by atoms with Gasteiger partial charge in [0.05, 0.1) is 12.6 Å². The van der Waals surface area contributed by atoms with E-state index in [0.717, 1.165) is 12.0 Å². The largest absolute Gasteiger partial charge is 0.459 e. The lowest BCUT2D eigenvalue weighted by Gasteiger charge is -2.30. The van der Waals surface area contributed by atoms with Gasteiger partial charge in [-0.15, -0.1) is 0 Å². The topological polar surface area (TPSA) is 99.3 Å². The maximum absolute atomic E-state index is 13.1. The Morgan fingerprint density at radius 1 is 0.978 bits per heavy atom. The van der Waals surface area contributed by atoms with Crippen LogP contribution in [-0.4, -0.2) is 91.3 Å². The van der Waals surface area contributed by atoms with E-state index in [2.05, 4.69) is 45.0 Å². The second-order valence-corrected chi connectivity index (χ2v) is 12.1. The molecule has 9 nitrogen and oxygen atoms in total. The number of esters is 1. The zero-order valence-corrected chi connectivity index (χ0v) is 29.6. The van der Waals surface area contributed by atoms with Crippen molar-refractivity contribution in [1.29, 1.82) is 0 Å². The van der Waals surface area contributed by atoms with Gasteiger partial charge in [-0.1, -0.05) is 97.2 Å². The number of amides is 3. The van der Waals surface area contributed by atoms with Crippen LogP contribution in [0.3, 0.4) is 0 Å². The van der Waals surface area contributed by atoms with Crippen LogP contribution in [0, 0.1) is 5.92 Å². The number of carbonyl (C=O) groups is 4. The van der Waals surface area contributed by atoms with E-state index in [9.17, 15) is 19.2 Å². The summed E-state index contributed by atoms with van der Waals surface area (Å²) in [4.78, 5) is 54.1. The summed E-state index contributed by atoms with van der Waals surface area (Å²) in [5.41, 5.74) is 1.36. The van der Waals surface area contributed by atoms with Crippen LogP contribution in [0.5, 0.6) is 0 Å². The van der Waals surface area contributed by atoms with Gasteiger partial charge in [-0.2, -0.15) is 0 Å². The Kier molecular flexibility index (Phi) is 23.3. The van der Waals surface area contributed by atoms with Gasteiger partial charge in [-0.25, -0.2) is 4.79 Å². The summed E-state index contributed by atoms with van der Waals surface area (Å²) in [6, 6.07) is 8.48. The third-order valence-electron chi connectivity index (χ3n) is 7.21. The van der Waals surface area contributed by atoms with Crippen molar-refractivity contribution in [1.82, 2.24) is 20.0 Å². The molecule has 2 heterocycles. The van der Waals surface area contributed by atoms with Crippen molar-refractivity contribution < 1.29 is 23.9 Å². The lowest BCUT2D eigenvalue weighted by Crippen LogP contribution is -2.44. The number of hydrogen-bond acceptors (Lipinski definition) is 6. The standard InChI is InChI=1S/C24H33N3O5.C6H13N.2C3H8/c1-17(2)21(26(4)22(29)14-25-16-28)13-18(3)23(30)27-12-8-11-20(27)24(31)32-15-19-9-6-5-7-10-19;1-7-5-3-2-4-6-7;2*1-3-2/h5-7,9-10,13,16-17,20-21H,8,11-12,14-15H2,1-4H3,(H,25,28);2-6H2,1H3;2*3H2,1-2H3/b18-13+;;;/t20-,21?;;;/m0.../s1. The van der Waals surface area contributed by atoms with E-state index in [1.54, 1.807) is 24.9 Å². The van der Waals surface area contributed by atoms with E-state index < -0.39 is 12.0 Å². The highest BCUT2D eigenvalue weighted by Gasteiger charge is 2.36. The summed E-state index contributed by atoms with van der Waals surface area (Å²) in [5.74, 6) is -0.842. The molecule has 1 N–H and O–H groups in total. The first-order chi connectivity index (χ1) is 21.5. The number of rotatable bonds is 10. The van der Waals surface area contributed by atoms with Crippen LogP contribution >= 0.6 is 0 Å². The average molecular weight is 631 g/mol. The van der Waals surface area contributed by atoms with Gasteiger partial charge in [0, 0.05) is 19.2 Å². The third kappa shape index (κ3) is 17.2. The second kappa shape index (κ2) is 25.0. The number of hydrogen-bond donors (Lipinski definition) is 1. The Balaban J connectivity index is 0.00000124. The number of piperidine rings is 1. The fourth-order valence-corrected chi connectivity index (χ4v) is 4.86. The molecule has 1 unspecified atom stereocenters. The summed E-state index contributed by atoms with van der Waals surface area (Å²) in [7, 11) is 3.84. The van der Waals surface area contributed by atoms with Crippen LogP contribution in [0.2, 0.25) is 0 Å². The molecule has 1 aromatic carbocycles. The molecule has 45 heavy (non-hydrogen) atoms. The Labute approximate surface area is 273 Å². The lowest BCUT2D eigenvalue weighted by molar-refractivity contribution is -0.153. The van der Waals surface area contributed by atoms with Crippen molar-refractivity contribution in [3.63, 3.8) is 0 Å². The Morgan fingerprint density at radius 2 is 1.56 bits per heavy atom.